The fraction of sp³-hybridized carbons (Fsp3) is 0.538. The first kappa shape index (κ1) is 12.2. The predicted octanol–water partition coefficient (Wildman–Crippen LogP) is 4.04. The van der Waals surface area contributed by atoms with Crippen molar-refractivity contribution >= 4 is 39.0 Å². The first-order chi connectivity index (χ1) is 8.83. The molecule has 2 aromatic heterocycles. The summed E-state index contributed by atoms with van der Waals surface area (Å²) in [4.78, 5) is 8.67. The number of aromatic nitrogens is 2. The zero-order valence-electron chi connectivity index (χ0n) is 10.2. The second kappa shape index (κ2) is 5.02. The molecule has 2 heterocycles. The highest BCUT2D eigenvalue weighted by atomic mass is 35.5. The molecule has 1 aliphatic rings. The highest BCUT2D eigenvalue weighted by Gasteiger charge is 2.31. The van der Waals surface area contributed by atoms with Gasteiger partial charge in [0.15, 0.2) is 0 Å². The number of halogens is 1. The van der Waals surface area contributed by atoms with Crippen molar-refractivity contribution < 1.29 is 0 Å². The average Bonchev–Trinajstić information content (AvgIpc) is 2.89. The Morgan fingerprint density at radius 2 is 2.11 bits per heavy atom. The van der Waals surface area contributed by atoms with Crippen molar-refractivity contribution in [3.63, 3.8) is 0 Å². The van der Waals surface area contributed by atoms with E-state index in [-0.39, 0.29) is 5.54 Å². The molecule has 5 heteroatoms. The Morgan fingerprint density at radius 1 is 1.28 bits per heavy atom. The monoisotopic (exact) mass is 281 g/mol. The molecule has 1 aliphatic carbocycles. The van der Waals surface area contributed by atoms with Crippen LogP contribution in [0.25, 0.3) is 10.2 Å². The molecule has 0 saturated heterocycles. The van der Waals surface area contributed by atoms with Gasteiger partial charge in [-0.25, -0.2) is 9.97 Å². The maximum absolute atomic E-state index is 6.21. The van der Waals surface area contributed by atoms with Crippen molar-refractivity contribution in [2.75, 3.05) is 11.2 Å². The minimum absolute atomic E-state index is 0.0189. The highest BCUT2D eigenvalue weighted by molar-refractivity contribution is 7.17. The quantitative estimate of drug-likeness (QED) is 0.863. The Morgan fingerprint density at radius 3 is 2.89 bits per heavy atom. The van der Waals surface area contributed by atoms with Crippen molar-refractivity contribution in [2.24, 2.45) is 0 Å². The Hall–Kier alpha value is -0.870. The lowest BCUT2D eigenvalue weighted by Crippen LogP contribution is -2.42. The highest BCUT2D eigenvalue weighted by Crippen LogP contribution is 2.35. The number of hydrogen-bond acceptors (Lipinski definition) is 4. The molecule has 2 aromatic rings. The SMILES string of the molecule is ClCC1(Nc2ncnc3ccsc23)CCCCC1. The van der Waals surface area contributed by atoms with Gasteiger partial charge in [-0.3, -0.25) is 0 Å². The number of hydrogen-bond donors (Lipinski definition) is 1. The molecule has 0 atom stereocenters. The minimum atomic E-state index is 0.0189. The van der Waals surface area contributed by atoms with Crippen molar-refractivity contribution in [1.82, 2.24) is 9.97 Å². The Kier molecular flexibility index (Phi) is 3.39. The van der Waals surface area contributed by atoms with E-state index in [0.29, 0.717) is 5.88 Å². The molecular weight excluding hydrogens is 266 g/mol. The van der Waals surface area contributed by atoms with Gasteiger partial charge in [0.2, 0.25) is 0 Å². The van der Waals surface area contributed by atoms with Crippen LogP contribution in [0, 0.1) is 0 Å². The van der Waals surface area contributed by atoms with Crippen LogP contribution in [-0.4, -0.2) is 21.4 Å². The molecule has 0 bridgehead atoms. The first-order valence-electron chi connectivity index (χ1n) is 6.35. The van der Waals surface area contributed by atoms with Crippen molar-refractivity contribution in [3.05, 3.63) is 17.8 Å². The molecule has 3 rings (SSSR count). The third-order valence-electron chi connectivity index (χ3n) is 3.69. The van der Waals surface area contributed by atoms with Crippen molar-refractivity contribution in [3.8, 4) is 0 Å². The van der Waals surface area contributed by atoms with Crippen LogP contribution in [0.4, 0.5) is 5.82 Å². The second-order valence-electron chi connectivity index (χ2n) is 4.96. The molecule has 1 saturated carbocycles. The van der Waals surface area contributed by atoms with Gasteiger partial charge < -0.3 is 5.32 Å². The van der Waals surface area contributed by atoms with Gasteiger partial charge in [-0.2, -0.15) is 0 Å². The summed E-state index contributed by atoms with van der Waals surface area (Å²) >= 11 is 7.89. The Balaban J connectivity index is 1.92. The lowest BCUT2D eigenvalue weighted by atomic mass is 9.83. The average molecular weight is 282 g/mol. The van der Waals surface area contributed by atoms with Gasteiger partial charge in [0.25, 0.3) is 0 Å². The van der Waals surface area contributed by atoms with E-state index in [2.05, 4.69) is 20.7 Å². The standard InChI is InChI=1S/C13H16ClN3S/c14-8-13(5-2-1-3-6-13)17-12-11-10(4-7-18-11)15-9-16-12/h4,7,9H,1-3,5-6,8H2,(H,15,16,17). The summed E-state index contributed by atoms with van der Waals surface area (Å²) in [5.41, 5.74) is 1.03. The molecule has 0 aliphatic heterocycles. The summed E-state index contributed by atoms with van der Waals surface area (Å²) in [6.07, 6.45) is 7.71. The van der Waals surface area contributed by atoms with Crippen LogP contribution in [0.2, 0.25) is 0 Å². The number of alkyl halides is 1. The van der Waals surface area contributed by atoms with E-state index in [4.69, 9.17) is 11.6 Å². The molecule has 1 N–H and O–H groups in total. The van der Waals surface area contributed by atoms with Gasteiger partial charge in [-0.05, 0) is 24.3 Å². The van der Waals surface area contributed by atoms with E-state index in [9.17, 15) is 0 Å². The van der Waals surface area contributed by atoms with Gasteiger partial charge in [-0.15, -0.1) is 22.9 Å². The van der Waals surface area contributed by atoms with E-state index >= 15 is 0 Å². The number of thiophene rings is 1. The van der Waals surface area contributed by atoms with Crippen LogP contribution in [0.1, 0.15) is 32.1 Å². The molecule has 3 nitrogen and oxygen atoms in total. The normalized spacial score (nSPS) is 18.9. The summed E-state index contributed by atoms with van der Waals surface area (Å²) in [5, 5.41) is 5.65. The molecule has 0 radical (unpaired) electrons. The van der Waals surface area contributed by atoms with Crippen molar-refractivity contribution in [1.29, 1.82) is 0 Å². The number of nitrogens with zero attached hydrogens (tertiary/aromatic N) is 2. The van der Waals surface area contributed by atoms with Crippen LogP contribution >= 0.6 is 22.9 Å². The Labute approximate surface area is 116 Å². The summed E-state index contributed by atoms with van der Waals surface area (Å²) in [6.45, 7) is 0. The lowest BCUT2D eigenvalue weighted by Gasteiger charge is -2.37. The topological polar surface area (TPSA) is 37.8 Å². The van der Waals surface area contributed by atoms with Crippen molar-refractivity contribution in [2.45, 2.75) is 37.6 Å². The number of rotatable bonds is 3. The van der Waals surface area contributed by atoms with E-state index < -0.39 is 0 Å². The largest absolute Gasteiger partial charge is 0.362 e. The maximum Gasteiger partial charge on any atom is 0.147 e. The molecule has 0 amide bonds. The lowest BCUT2D eigenvalue weighted by molar-refractivity contribution is 0.353. The number of anilines is 1. The van der Waals surface area contributed by atoms with E-state index in [0.717, 1.165) is 28.9 Å². The van der Waals surface area contributed by atoms with Crippen LogP contribution in [-0.2, 0) is 0 Å². The zero-order chi connectivity index (χ0) is 12.4. The first-order valence-corrected chi connectivity index (χ1v) is 7.77. The van der Waals surface area contributed by atoms with Crippen LogP contribution in [0.3, 0.4) is 0 Å². The molecule has 0 spiro atoms. The van der Waals surface area contributed by atoms with Crippen LogP contribution < -0.4 is 5.32 Å². The molecule has 18 heavy (non-hydrogen) atoms. The number of fused-ring (bicyclic) bond motifs is 1. The van der Waals surface area contributed by atoms with E-state index in [1.807, 2.05) is 6.07 Å². The third kappa shape index (κ3) is 2.19. The van der Waals surface area contributed by atoms with Crippen LogP contribution in [0.5, 0.6) is 0 Å². The molecule has 0 aromatic carbocycles. The molecule has 96 valence electrons. The van der Waals surface area contributed by atoms with E-state index in [1.54, 1.807) is 17.7 Å². The second-order valence-corrected chi connectivity index (χ2v) is 6.14. The molecule has 0 unspecified atom stereocenters. The zero-order valence-corrected chi connectivity index (χ0v) is 11.7. The molecule has 1 fully saturated rings. The fourth-order valence-electron chi connectivity index (χ4n) is 2.65. The van der Waals surface area contributed by atoms with Gasteiger partial charge >= 0.3 is 0 Å². The van der Waals surface area contributed by atoms with Gasteiger partial charge in [-0.1, -0.05) is 19.3 Å². The third-order valence-corrected chi connectivity index (χ3v) is 5.12. The summed E-state index contributed by atoms with van der Waals surface area (Å²) < 4.78 is 1.13. The van der Waals surface area contributed by atoms with Crippen LogP contribution in [0.15, 0.2) is 17.8 Å². The summed E-state index contributed by atoms with van der Waals surface area (Å²) in [5.74, 6) is 1.58. The maximum atomic E-state index is 6.21. The van der Waals surface area contributed by atoms with Gasteiger partial charge in [0.05, 0.1) is 15.8 Å². The van der Waals surface area contributed by atoms with E-state index in [1.165, 1.54) is 19.3 Å². The fourth-order valence-corrected chi connectivity index (χ4v) is 3.77. The van der Waals surface area contributed by atoms with Gasteiger partial charge in [0.1, 0.15) is 12.1 Å². The summed E-state index contributed by atoms with van der Waals surface area (Å²) in [7, 11) is 0. The van der Waals surface area contributed by atoms with Gasteiger partial charge in [0, 0.05) is 5.88 Å². The Bertz CT molecular complexity index is 534. The predicted molar refractivity (Wildman–Crippen MR) is 77.6 cm³/mol. The minimum Gasteiger partial charge on any atom is -0.362 e. The smallest absolute Gasteiger partial charge is 0.147 e. The number of nitrogens with one attached hydrogen (secondary N) is 1. The molecular formula is C13H16ClN3S. The summed E-state index contributed by atoms with van der Waals surface area (Å²) in [6, 6.07) is 2.03.